The first-order valence-corrected chi connectivity index (χ1v) is 8.14. The average Bonchev–Trinajstić information content (AvgIpc) is 2.32. The van der Waals surface area contributed by atoms with E-state index < -0.39 is 0 Å². The lowest BCUT2D eigenvalue weighted by Gasteiger charge is -2.49. The average molecular weight is 310 g/mol. The van der Waals surface area contributed by atoms with E-state index in [1.54, 1.807) is 0 Å². The van der Waals surface area contributed by atoms with Gasteiger partial charge in [0.15, 0.2) is 0 Å². The Bertz CT molecular complexity index is 481. The summed E-state index contributed by atoms with van der Waals surface area (Å²) in [6.45, 7) is 3.04. The van der Waals surface area contributed by atoms with Gasteiger partial charge < -0.3 is 15.5 Å². The second-order valence-electron chi connectivity index (χ2n) is 6.80. The number of halogens is 1. The van der Waals surface area contributed by atoms with Crippen LogP contribution in [0.25, 0.3) is 0 Å². The SMILES string of the molecule is CC(N)Cc1ccc(N(C)CC2(N(C)C)CCC2)c(Cl)c1. The van der Waals surface area contributed by atoms with Crippen LogP contribution in [0, 0.1) is 0 Å². The van der Waals surface area contributed by atoms with Gasteiger partial charge in [-0.3, -0.25) is 0 Å². The Kier molecular flexibility index (Phi) is 5.18. The highest BCUT2D eigenvalue weighted by Gasteiger charge is 2.40. The molecule has 0 radical (unpaired) electrons. The molecule has 1 saturated carbocycles. The van der Waals surface area contributed by atoms with Crippen LogP contribution in [0.3, 0.4) is 0 Å². The molecular formula is C17H28ClN3. The molecule has 4 heteroatoms. The lowest BCUT2D eigenvalue weighted by molar-refractivity contribution is 0.0683. The fourth-order valence-electron chi connectivity index (χ4n) is 3.22. The van der Waals surface area contributed by atoms with Gasteiger partial charge in [-0.15, -0.1) is 0 Å². The van der Waals surface area contributed by atoms with Crippen molar-refractivity contribution < 1.29 is 0 Å². The van der Waals surface area contributed by atoms with E-state index in [1.807, 2.05) is 6.92 Å². The Balaban J connectivity index is 2.10. The van der Waals surface area contributed by atoms with Crippen molar-refractivity contribution in [1.82, 2.24) is 4.90 Å². The highest BCUT2D eigenvalue weighted by Crippen LogP contribution is 2.38. The van der Waals surface area contributed by atoms with E-state index in [2.05, 4.69) is 49.1 Å². The molecule has 3 nitrogen and oxygen atoms in total. The molecule has 1 unspecified atom stereocenters. The Labute approximate surface area is 134 Å². The lowest BCUT2D eigenvalue weighted by atomic mass is 9.75. The standard InChI is InChI=1S/C17H28ClN3/c1-13(19)10-14-6-7-16(15(18)11-14)21(4)12-17(20(2)3)8-5-9-17/h6-7,11,13H,5,8-10,12,19H2,1-4H3. The number of hydrogen-bond acceptors (Lipinski definition) is 3. The van der Waals surface area contributed by atoms with E-state index in [0.717, 1.165) is 23.7 Å². The van der Waals surface area contributed by atoms with Gasteiger partial charge in [-0.25, -0.2) is 0 Å². The zero-order valence-corrected chi connectivity index (χ0v) is 14.5. The summed E-state index contributed by atoms with van der Waals surface area (Å²) in [4.78, 5) is 4.66. The third-order valence-corrected chi connectivity index (χ3v) is 5.05. The van der Waals surface area contributed by atoms with Crippen molar-refractivity contribution in [2.45, 2.75) is 44.2 Å². The van der Waals surface area contributed by atoms with Gasteiger partial charge in [-0.2, -0.15) is 0 Å². The minimum Gasteiger partial charge on any atom is -0.372 e. The summed E-state index contributed by atoms with van der Waals surface area (Å²) in [5.41, 5.74) is 8.48. The zero-order valence-electron chi connectivity index (χ0n) is 13.7. The maximum absolute atomic E-state index is 6.48. The van der Waals surface area contributed by atoms with Crippen molar-refractivity contribution in [3.63, 3.8) is 0 Å². The van der Waals surface area contributed by atoms with Crippen molar-refractivity contribution in [2.24, 2.45) is 5.73 Å². The Morgan fingerprint density at radius 2 is 1.95 bits per heavy atom. The predicted octanol–water partition coefficient (Wildman–Crippen LogP) is 3.15. The molecule has 1 aliphatic carbocycles. The van der Waals surface area contributed by atoms with Crippen LogP contribution < -0.4 is 10.6 Å². The van der Waals surface area contributed by atoms with Crippen molar-refractivity contribution in [3.05, 3.63) is 28.8 Å². The topological polar surface area (TPSA) is 32.5 Å². The van der Waals surface area contributed by atoms with Crippen molar-refractivity contribution in [3.8, 4) is 0 Å². The molecule has 21 heavy (non-hydrogen) atoms. The van der Waals surface area contributed by atoms with Gasteiger partial charge in [0, 0.05) is 25.2 Å². The molecule has 1 aromatic rings. The van der Waals surface area contributed by atoms with Gasteiger partial charge in [0.25, 0.3) is 0 Å². The minimum absolute atomic E-state index is 0.164. The molecule has 1 aliphatic rings. The number of nitrogens with zero attached hydrogens (tertiary/aromatic N) is 2. The molecule has 0 aliphatic heterocycles. The largest absolute Gasteiger partial charge is 0.372 e. The quantitative estimate of drug-likeness (QED) is 0.876. The van der Waals surface area contributed by atoms with Gasteiger partial charge >= 0.3 is 0 Å². The predicted molar refractivity (Wildman–Crippen MR) is 92.3 cm³/mol. The van der Waals surface area contributed by atoms with Gasteiger partial charge in [0.1, 0.15) is 0 Å². The number of anilines is 1. The third-order valence-electron chi connectivity index (χ3n) is 4.75. The molecule has 1 aromatic carbocycles. The van der Waals surface area contributed by atoms with Crippen molar-refractivity contribution in [2.75, 3.05) is 32.6 Å². The molecule has 0 aromatic heterocycles. The summed E-state index contributed by atoms with van der Waals surface area (Å²) in [6.07, 6.45) is 4.73. The molecule has 0 bridgehead atoms. The van der Waals surface area contributed by atoms with Crippen molar-refractivity contribution in [1.29, 1.82) is 0 Å². The first-order chi connectivity index (χ1) is 9.84. The summed E-state index contributed by atoms with van der Waals surface area (Å²) >= 11 is 6.48. The van der Waals surface area contributed by atoms with E-state index >= 15 is 0 Å². The third kappa shape index (κ3) is 3.71. The smallest absolute Gasteiger partial charge is 0.0642 e. The van der Waals surface area contributed by atoms with Crippen LogP contribution in [0.1, 0.15) is 31.7 Å². The van der Waals surface area contributed by atoms with E-state index in [4.69, 9.17) is 17.3 Å². The molecule has 0 spiro atoms. The minimum atomic E-state index is 0.164. The van der Waals surface area contributed by atoms with E-state index in [0.29, 0.717) is 5.54 Å². The van der Waals surface area contributed by atoms with Gasteiger partial charge in [0.05, 0.1) is 10.7 Å². The normalized spacial score (nSPS) is 18.4. The van der Waals surface area contributed by atoms with Crippen LogP contribution in [-0.2, 0) is 6.42 Å². The molecule has 2 N–H and O–H groups in total. The highest BCUT2D eigenvalue weighted by atomic mass is 35.5. The Hall–Kier alpha value is -0.770. The van der Waals surface area contributed by atoms with E-state index in [1.165, 1.54) is 24.8 Å². The van der Waals surface area contributed by atoms with Crippen LogP contribution in [0.5, 0.6) is 0 Å². The molecule has 0 saturated heterocycles. The molecule has 1 fully saturated rings. The number of rotatable bonds is 6. The molecule has 2 rings (SSSR count). The van der Waals surface area contributed by atoms with E-state index in [-0.39, 0.29) is 6.04 Å². The second kappa shape index (κ2) is 6.55. The van der Waals surface area contributed by atoms with Crippen LogP contribution in [0.2, 0.25) is 5.02 Å². The maximum atomic E-state index is 6.48. The summed E-state index contributed by atoms with van der Waals surface area (Å²) in [5, 5.41) is 0.823. The summed E-state index contributed by atoms with van der Waals surface area (Å²) in [6, 6.07) is 6.49. The fraction of sp³-hybridized carbons (Fsp3) is 0.647. The van der Waals surface area contributed by atoms with Crippen LogP contribution in [0.4, 0.5) is 5.69 Å². The number of benzene rings is 1. The van der Waals surface area contributed by atoms with Gasteiger partial charge in [0.2, 0.25) is 0 Å². The molecule has 0 heterocycles. The van der Waals surface area contributed by atoms with Gasteiger partial charge in [-0.1, -0.05) is 17.7 Å². The zero-order chi connectivity index (χ0) is 15.6. The second-order valence-corrected chi connectivity index (χ2v) is 7.20. The Morgan fingerprint density at radius 1 is 1.29 bits per heavy atom. The highest BCUT2D eigenvalue weighted by molar-refractivity contribution is 6.33. The van der Waals surface area contributed by atoms with E-state index in [9.17, 15) is 0 Å². The number of hydrogen-bond donors (Lipinski definition) is 1. The van der Waals surface area contributed by atoms with Crippen LogP contribution in [0.15, 0.2) is 18.2 Å². The Morgan fingerprint density at radius 3 is 2.38 bits per heavy atom. The van der Waals surface area contributed by atoms with Crippen molar-refractivity contribution >= 4 is 17.3 Å². The lowest BCUT2D eigenvalue weighted by Crippen LogP contribution is -2.56. The first kappa shape index (κ1) is 16.6. The fourth-order valence-corrected chi connectivity index (χ4v) is 3.56. The molecular weight excluding hydrogens is 282 g/mol. The molecule has 1 atom stereocenters. The summed E-state index contributed by atoms with van der Waals surface area (Å²) in [7, 11) is 6.50. The number of nitrogens with two attached hydrogens (primary N) is 1. The summed E-state index contributed by atoms with van der Waals surface area (Å²) in [5.74, 6) is 0. The maximum Gasteiger partial charge on any atom is 0.0642 e. The monoisotopic (exact) mass is 309 g/mol. The first-order valence-electron chi connectivity index (χ1n) is 7.77. The van der Waals surface area contributed by atoms with Crippen LogP contribution in [-0.4, -0.2) is 44.2 Å². The summed E-state index contributed by atoms with van der Waals surface area (Å²) < 4.78 is 0. The molecule has 118 valence electrons. The van der Waals surface area contributed by atoms with Gasteiger partial charge in [-0.05, 0) is 64.4 Å². The van der Waals surface area contributed by atoms with Crippen LogP contribution >= 0.6 is 11.6 Å². The number of likely N-dealkylation sites (N-methyl/N-ethyl adjacent to an activating group) is 2. The molecule has 0 amide bonds.